The number of ether oxygens (including phenoxy) is 1. The van der Waals surface area contributed by atoms with Gasteiger partial charge in [-0.25, -0.2) is 0 Å². The molecule has 0 aromatic heterocycles. The Morgan fingerprint density at radius 1 is 1.47 bits per heavy atom. The molecule has 0 unspecified atom stereocenters. The van der Waals surface area contributed by atoms with Gasteiger partial charge in [-0.2, -0.15) is 0 Å². The molecule has 0 aliphatic rings. The first-order valence-corrected chi connectivity index (χ1v) is 4.99. The summed E-state index contributed by atoms with van der Waals surface area (Å²) in [7, 11) is 0. The van der Waals surface area contributed by atoms with Crippen LogP contribution in [0.25, 0.3) is 0 Å². The fraction of sp³-hybridized carbons (Fsp3) is 0.364. The zero-order valence-corrected chi connectivity index (χ0v) is 8.82. The van der Waals surface area contributed by atoms with Crippen LogP contribution in [0.5, 0.6) is 5.75 Å². The van der Waals surface area contributed by atoms with Crippen molar-refractivity contribution < 1.29 is 9.53 Å². The Hall–Kier alpha value is -1.55. The van der Waals surface area contributed by atoms with Crippen LogP contribution in [0.4, 0.5) is 5.69 Å². The van der Waals surface area contributed by atoms with E-state index in [-0.39, 0.29) is 5.91 Å². The standard InChI is InChI=1S/C11H16N2O2/c1-2-11(14)13-9-5-3-4-6-10(9)15-8-7-12/h3-6H,2,7-8,12H2,1H3,(H,13,14). The molecule has 4 heteroatoms. The van der Waals surface area contributed by atoms with Crippen molar-refractivity contribution in [3.8, 4) is 5.75 Å². The van der Waals surface area contributed by atoms with Crippen LogP contribution in [-0.2, 0) is 4.79 Å². The Balaban J connectivity index is 2.72. The van der Waals surface area contributed by atoms with Crippen LogP contribution in [0.15, 0.2) is 24.3 Å². The van der Waals surface area contributed by atoms with Crippen molar-refractivity contribution >= 4 is 11.6 Å². The Morgan fingerprint density at radius 3 is 2.87 bits per heavy atom. The Labute approximate surface area is 89.4 Å². The van der Waals surface area contributed by atoms with Crippen LogP contribution in [0.3, 0.4) is 0 Å². The maximum atomic E-state index is 11.2. The van der Waals surface area contributed by atoms with Gasteiger partial charge in [0.15, 0.2) is 0 Å². The Bertz CT molecular complexity index is 326. The Kier molecular flexibility index (Phi) is 4.63. The molecule has 0 radical (unpaired) electrons. The lowest BCUT2D eigenvalue weighted by atomic mass is 10.3. The molecule has 0 atom stereocenters. The van der Waals surface area contributed by atoms with Crippen molar-refractivity contribution in [2.24, 2.45) is 5.73 Å². The molecule has 3 N–H and O–H groups in total. The molecule has 0 spiro atoms. The van der Waals surface area contributed by atoms with Gasteiger partial charge in [-0.3, -0.25) is 4.79 Å². The van der Waals surface area contributed by atoms with Gasteiger partial charge in [0.2, 0.25) is 5.91 Å². The van der Waals surface area contributed by atoms with Crippen molar-refractivity contribution in [3.05, 3.63) is 24.3 Å². The fourth-order valence-electron chi connectivity index (χ4n) is 1.10. The number of hydrogen-bond acceptors (Lipinski definition) is 3. The molecule has 0 saturated carbocycles. The summed E-state index contributed by atoms with van der Waals surface area (Å²) in [5.41, 5.74) is 6.03. The first kappa shape index (κ1) is 11.5. The van der Waals surface area contributed by atoms with Crippen LogP contribution in [0.2, 0.25) is 0 Å². The summed E-state index contributed by atoms with van der Waals surface area (Å²) in [6.45, 7) is 2.70. The number of rotatable bonds is 5. The van der Waals surface area contributed by atoms with Gasteiger partial charge in [0, 0.05) is 13.0 Å². The minimum atomic E-state index is -0.0289. The van der Waals surface area contributed by atoms with E-state index in [4.69, 9.17) is 10.5 Å². The molecule has 0 bridgehead atoms. The van der Waals surface area contributed by atoms with Crippen molar-refractivity contribution in [1.29, 1.82) is 0 Å². The van der Waals surface area contributed by atoms with Gasteiger partial charge < -0.3 is 15.8 Å². The van der Waals surface area contributed by atoms with Crippen molar-refractivity contribution in [3.63, 3.8) is 0 Å². The maximum absolute atomic E-state index is 11.2. The van der Waals surface area contributed by atoms with Crippen LogP contribution >= 0.6 is 0 Å². The molecule has 0 heterocycles. The highest BCUT2D eigenvalue weighted by atomic mass is 16.5. The highest BCUT2D eigenvalue weighted by molar-refractivity contribution is 5.91. The van der Waals surface area contributed by atoms with Crippen molar-refractivity contribution in [2.45, 2.75) is 13.3 Å². The van der Waals surface area contributed by atoms with E-state index >= 15 is 0 Å². The fourth-order valence-corrected chi connectivity index (χ4v) is 1.10. The minimum absolute atomic E-state index is 0.0289. The van der Waals surface area contributed by atoms with E-state index in [0.29, 0.717) is 31.0 Å². The molecular weight excluding hydrogens is 192 g/mol. The van der Waals surface area contributed by atoms with E-state index in [2.05, 4.69) is 5.32 Å². The van der Waals surface area contributed by atoms with Gasteiger partial charge in [0.05, 0.1) is 5.69 Å². The van der Waals surface area contributed by atoms with E-state index in [0.717, 1.165) is 0 Å². The second kappa shape index (κ2) is 6.03. The molecule has 82 valence electrons. The van der Waals surface area contributed by atoms with E-state index in [1.807, 2.05) is 12.1 Å². The molecule has 0 fully saturated rings. The predicted molar refractivity (Wildman–Crippen MR) is 59.9 cm³/mol. The molecule has 1 aromatic rings. The van der Waals surface area contributed by atoms with Crippen LogP contribution in [-0.4, -0.2) is 19.1 Å². The largest absolute Gasteiger partial charge is 0.490 e. The quantitative estimate of drug-likeness (QED) is 0.768. The second-order valence-electron chi connectivity index (χ2n) is 3.04. The number of amides is 1. The number of nitrogens with one attached hydrogen (secondary N) is 1. The van der Waals surface area contributed by atoms with Gasteiger partial charge in [-0.05, 0) is 12.1 Å². The lowest BCUT2D eigenvalue weighted by Crippen LogP contribution is -2.14. The average Bonchev–Trinajstić information content (AvgIpc) is 2.28. The summed E-state index contributed by atoms with van der Waals surface area (Å²) in [5.74, 6) is 0.628. The number of hydrogen-bond donors (Lipinski definition) is 2. The molecule has 1 aromatic carbocycles. The summed E-state index contributed by atoms with van der Waals surface area (Å²) in [6.07, 6.45) is 0.450. The topological polar surface area (TPSA) is 64.3 Å². The normalized spacial score (nSPS) is 9.73. The molecule has 4 nitrogen and oxygen atoms in total. The third-order valence-electron chi connectivity index (χ3n) is 1.86. The first-order chi connectivity index (χ1) is 7.27. The number of anilines is 1. The van der Waals surface area contributed by atoms with Crippen molar-refractivity contribution in [1.82, 2.24) is 0 Å². The molecule has 0 aliphatic carbocycles. The molecule has 0 saturated heterocycles. The molecular formula is C11H16N2O2. The van der Waals surface area contributed by atoms with E-state index in [1.54, 1.807) is 19.1 Å². The summed E-state index contributed by atoms with van der Waals surface area (Å²) < 4.78 is 5.39. The molecule has 1 rings (SSSR count). The Morgan fingerprint density at radius 2 is 2.20 bits per heavy atom. The monoisotopic (exact) mass is 208 g/mol. The molecule has 0 aliphatic heterocycles. The van der Waals surface area contributed by atoms with E-state index < -0.39 is 0 Å². The van der Waals surface area contributed by atoms with Crippen molar-refractivity contribution in [2.75, 3.05) is 18.5 Å². The zero-order chi connectivity index (χ0) is 11.1. The number of benzene rings is 1. The van der Waals surface area contributed by atoms with Gasteiger partial charge in [-0.1, -0.05) is 19.1 Å². The predicted octanol–water partition coefficient (Wildman–Crippen LogP) is 1.37. The smallest absolute Gasteiger partial charge is 0.224 e. The highest BCUT2D eigenvalue weighted by Gasteiger charge is 2.04. The molecule has 1 amide bonds. The highest BCUT2D eigenvalue weighted by Crippen LogP contribution is 2.23. The number of carbonyl (C=O) groups excluding carboxylic acids is 1. The summed E-state index contributed by atoms with van der Waals surface area (Å²) in [6, 6.07) is 7.31. The third kappa shape index (κ3) is 3.59. The second-order valence-corrected chi connectivity index (χ2v) is 3.04. The van der Waals surface area contributed by atoms with E-state index in [1.165, 1.54) is 0 Å². The summed E-state index contributed by atoms with van der Waals surface area (Å²) in [5, 5.41) is 2.76. The number of para-hydroxylation sites is 2. The first-order valence-electron chi connectivity index (χ1n) is 4.99. The SMILES string of the molecule is CCC(=O)Nc1ccccc1OCCN. The van der Waals surface area contributed by atoms with Gasteiger partial charge in [-0.15, -0.1) is 0 Å². The van der Waals surface area contributed by atoms with Crippen LogP contribution < -0.4 is 15.8 Å². The number of nitrogens with two attached hydrogens (primary N) is 1. The zero-order valence-electron chi connectivity index (χ0n) is 8.82. The van der Waals surface area contributed by atoms with Gasteiger partial charge in [0.1, 0.15) is 12.4 Å². The van der Waals surface area contributed by atoms with Crippen LogP contribution in [0.1, 0.15) is 13.3 Å². The van der Waals surface area contributed by atoms with Gasteiger partial charge in [0.25, 0.3) is 0 Å². The summed E-state index contributed by atoms with van der Waals surface area (Å²) >= 11 is 0. The lowest BCUT2D eigenvalue weighted by molar-refractivity contribution is -0.115. The number of carbonyl (C=O) groups is 1. The van der Waals surface area contributed by atoms with Gasteiger partial charge >= 0.3 is 0 Å². The third-order valence-corrected chi connectivity index (χ3v) is 1.86. The van der Waals surface area contributed by atoms with E-state index in [9.17, 15) is 4.79 Å². The average molecular weight is 208 g/mol. The van der Waals surface area contributed by atoms with Crippen LogP contribution in [0, 0.1) is 0 Å². The maximum Gasteiger partial charge on any atom is 0.224 e. The lowest BCUT2D eigenvalue weighted by Gasteiger charge is -2.10. The summed E-state index contributed by atoms with van der Waals surface area (Å²) in [4.78, 5) is 11.2. The minimum Gasteiger partial charge on any atom is -0.490 e. The molecule has 15 heavy (non-hydrogen) atoms.